The summed E-state index contributed by atoms with van der Waals surface area (Å²) in [4.78, 5) is 10.7. The van der Waals surface area contributed by atoms with Gasteiger partial charge in [0.15, 0.2) is 0 Å². The Morgan fingerprint density at radius 2 is 2.17 bits per heavy atom. The van der Waals surface area contributed by atoms with Crippen molar-refractivity contribution in [2.24, 2.45) is 5.92 Å². The van der Waals surface area contributed by atoms with Crippen LogP contribution in [0.25, 0.3) is 0 Å². The highest BCUT2D eigenvalue weighted by Gasteiger charge is 2.26. The van der Waals surface area contributed by atoms with Gasteiger partial charge in [0.05, 0.1) is 5.69 Å². The van der Waals surface area contributed by atoms with Gasteiger partial charge in [-0.2, -0.15) is 0 Å². The second-order valence-electron chi connectivity index (χ2n) is 6.42. The molecule has 0 aliphatic heterocycles. The van der Waals surface area contributed by atoms with Gasteiger partial charge in [-0.05, 0) is 31.2 Å². The van der Waals surface area contributed by atoms with Crippen LogP contribution < -0.4 is 10.2 Å². The van der Waals surface area contributed by atoms with Gasteiger partial charge in [0.1, 0.15) is 0 Å². The van der Waals surface area contributed by atoms with Crippen LogP contribution in [0.3, 0.4) is 0 Å². The number of aryl methyl sites for hydroxylation is 1. The molecule has 3 rings (SSSR count). The molecule has 23 heavy (non-hydrogen) atoms. The predicted molar refractivity (Wildman–Crippen MR) is 87.1 cm³/mol. The molecule has 0 radical (unpaired) electrons. The molecule has 0 saturated heterocycles. The van der Waals surface area contributed by atoms with Gasteiger partial charge in [-0.25, -0.2) is 9.97 Å². The first-order valence-electron chi connectivity index (χ1n) is 8.12. The second-order valence-corrected chi connectivity index (χ2v) is 6.42. The van der Waals surface area contributed by atoms with E-state index < -0.39 is 0 Å². The lowest BCUT2D eigenvalue weighted by Gasteiger charge is -2.14. The van der Waals surface area contributed by atoms with Crippen molar-refractivity contribution in [2.75, 3.05) is 19.0 Å². The lowest BCUT2D eigenvalue weighted by Crippen LogP contribution is -2.27. The van der Waals surface area contributed by atoms with Gasteiger partial charge in [0.25, 0.3) is 0 Å². The standard InChI is InChI=1S/C16H24N6O/c1-11-20-21-15(23-11)9-12-4-5-13(8-12)18-10-14-6-7-17-16(19-14)22(2)3/h6-7,12-13,18H,4-5,8-10H2,1-3H3/t12-,13+/m1/s1. The summed E-state index contributed by atoms with van der Waals surface area (Å²) in [6, 6.07) is 2.50. The number of anilines is 1. The molecule has 1 fully saturated rings. The summed E-state index contributed by atoms with van der Waals surface area (Å²) in [5.41, 5.74) is 1.03. The van der Waals surface area contributed by atoms with Crippen molar-refractivity contribution < 1.29 is 4.42 Å². The van der Waals surface area contributed by atoms with Crippen molar-refractivity contribution in [2.45, 2.75) is 45.2 Å². The van der Waals surface area contributed by atoms with Crippen molar-refractivity contribution in [1.29, 1.82) is 0 Å². The summed E-state index contributed by atoms with van der Waals surface area (Å²) in [7, 11) is 3.90. The van der Waals surface area contributed by atoms with Gasteiger partial charge in [-0.15, -0.1) is 10.2 Å². The Morgan fingerprint density at radius 1 is 1.30 bits per heavy atom. The van der Waals surface area contributed by atoms with Crippen LogP contribution in [0, 0.1) is 12.8 Å². The number of nitrogens with one attached hydrogen (secondary N) is 1. The van der Waals surface area contributed by atoms with E-state index in [-0.39, 0.29) is 0 Å². The first-order valence-corrected chi connectivity index (χ1v) is 8.12. The van der Waals surface area contributed by atoms with Crippen LogP contribution >= 0.6 is 0 Å². The van der Waals surface area contributed by atoms with Crippen LogP contribution in [0.4, 0.5) is 5.95 Å². The Kier molecular flexibility index (Phi) is 4.85. The van der Waals surface area contributed by atoms with Crippen LogP contribution in [0.5, 0.6) is 0 Å². The van der Waals surface area contributed by atoms with Gasteiger partial charge in [0.2, 0.25) is 17.7 Å². The minimum Gasteiger partial charge on any atom is -0.426 e. The average molecular weight is 316 g/mol. The van der Waals surface area contributed by atoms with E-state index in [0.717, 1.165) is 36.9 Å². The van der Waals surface area contributed by atoms with Crippen LogP contribution in [0.15, 0.2) is 16.7 Å². The molecule has 7 heteroatoms. The van der Waals surface area contributed by atoms with E-state index in [1.807, 2.05) is 38.2 Å². The fourth-order valence-corrected chi connectivity index (χ4v) is 3.06. The van der Waals surface area contributed by atoms with Crippen LogP contribution in [-0.4, -0.2) is 40.3 Å². The van der Waals surface area contributed by atoms with Gasteiger partial charge in [-0.1, -0.05) is 0 Å². The lowest BCUT2D eigenvalue weighted by atomic mass is 10.0. The summed E-state index contributed by atoms with van der Waals surface area (Å²) in [5.74, 6) is 2.78. The predicted octanol–water partition coefficient (Wildman–Crippen LogP) is 1.74. The zero-order valence-corrected chi connectivity index (χ0v) is 14.0. The highest BCUT2D eigenvalue weighted by molar-refractivity contribution is 5.27. The molecule has 1 aliphatic carbocycles. The number of nitrogens with zero attached hydrogens (tertiary/aromatic N) is 5. The molecule has 0 bridgehead atoms. The molecule has 2 aromatic heterocycles. The molecule has 0 aromatic carbocycles. The smallest absolute Gasteiger partial charge is 0.225 e. The van der Waals surface area contributed by atoms with Crippen molar-refractivity contribution in [3.63, 3.8) is 0 Å². The lowest BCUT2D eigenvalue weighted by molar-refractivity contribution is 0.408. The average Bonchev–Trinajstić information content (AvgIpc) is 3.15. The third kappa shape index (κ3) is 4.25. The Hall–Kier alpha value is -2.02. The van der Waals surface area contributed by atoms with Crippen molar-refractivity contribution in [3.05, 3.63) is 29.7 Å². The summed E-state index contributed by atoms with van der Waals surface area (Å²) in [6.07, 6.45) is 6.23. The third-order valence-electron chi connectivity index (χ3n) is 4.24. The minimum atomic E-state index is 0.529. The van der Waals surface area contributed by atoms with Crippen LogP contribution in [0.1, 0.15) is 36.7 Å². The molecule has 1 N–H and O–H groups in total. The van der Waals surface area contributed by atoms with Gasteiger partial charge in [0, 0.05) is 46.2 Å². The fourth-order valence-electron chi connectivity index (χ4n) is 3.06. The Labute approximate surface area is 136 Å². The molecule has 2 aromatic rings. The maximum Gasteiger partial charge on any atom is 0.225 e. The number of aromatic nitrogens is 4. The van der Waals surface area contributed by atoms with E-state index in [1.54, 1.807) is 0 Å². The first-order chi connectivity index (χ1) is 11.1. The van der Waals surface area contributed by atoms with E-state index >= 15 is 0 Å². The molecular weight excluding hydrogens is 292 g/mol. The molecule has 2 atom stereocenters. The number of hydrogen-bond donors (Lipinski definition) is 1. The van der Waals surface area contributed by atoms with E-state index in [9.17, 15) is 0 Å². The summed E-state index contributed by atoms with van der Waals surface area (Å²) in [5, 5.41) is 11.6. The zero-order valence-electron chi connectivity index (χ0n) is 14.0. The largest absolute Gasteiger partial charge is 0.426 e. The summed E-state index contributed by atoms with van der Waals surface area (Å²) < 4.78 is 5.48. The monoisotopic (exact) mass is 316 g/mol. The molecule has 0 amide bonds. The molecule has 7 nitrogen and oxygen atoms in total. The third-order valence-corrected chi connectivity index (χ3v) is 4.24. The van der Waals surface area contributed by atoms with Crippen LogP contribution in [-0.2, 0) is 13.0 Å². The Bertz CT molecular complexity index is 641. The summed E-state index contributed by atoms with van der Waals surface area (Å²) in [6.45, 7) is 2.61. The summed E-state index contributed by atoms with van der Waals surface area (Å²) >= 11 is 0. The van der Waals surface area contributed by atoms with Gasteiger partial charge >= 0.3 is 0 Å². The normalized spacial score (nSPS) is 20.8. The Balaban J connectivity index is 1.47. The van der Waals surface area contributed by atoms with Crippen molar-refractivity contribution in [1.82, 2.24) is 25.5 Å². The molecule has 1 saturated carbocycles. The van der Waals surface area contributed by atoms with Gasteiger partial charge < -0.3 is 14.6 Å². The minimum absolute atomic E-state index is 0.529. The highest BCUT2D eigenvalue weighted by atomic mass is 16.4. The van der Waals surface area contributed by atoms with E-state index in [1.165, 1.54) is 12.8 Å². The molecule has 0 spiro atoms. The number of rotatable bonds is 6. The molecule has 124 valence electrons. The van der Waals surface area contributed by atoms with Crippen molar-refractivity contribution in [3.8, 4) is 0 Å². The maximum atomic E-state index is 5.48. The highest BCUT2D eigenvalue weighted by Crippen LogP contribution is 2.28. The fraction of sp³-hybridized carbons (Fsp3) is 0.625. The number of hydrogen-bond acceptors (Lipinski definition) is 7. The molecule has 1 aliphatic rings. The first kappa shape index (κ1) is 15.9. The second kappa shape index (κ2) is 7.04. The van der Waals surface area contributed by atoms with E-state index in [0.29, 0.717) is 17.9 Å². The zero-order chi connectivity index (χ0) is 16.2. The van der Waals surface area contributed by atoms with Crippen LogP contribution in [0.2, 0.25) is 0 Å². The molecular formula is C16H24N6O. The van der Waals surface area contributed by atoms with Crippen molar-refractivity contribution >= 4 is 5.95 Å². The Morgan fingerprint density at radius 3 is 2.91 bits per heavy atom. The van der Waals surface area contributed by atoms with E-state index in [4.69, 9.17) is 4.42 Å². The van der Waals surface area contributed by atoms with E-state index in [2.05, 4.69) is 25.5 Å². The van der Waals surface area contributed by atoms with Gasteiger partial charge in [-0.3, -0.25) is 0 Å². The topological polar surface area (TPSA) is 80.0 Å². The quantitative estimate of drug-likeness (QED) is 0.869. The maximum absolute atomic E-state index is 5.48. The molecule has 0 unspecified atom stereocenters. The molecule has 2 heterocycles. The SMILES string of the molecule is Cc1nnc(C[C@@H]2CC[C@H](NCc3ccnc(N(C)C)n3)C2)o1.